The fraction of sp³-hybridized carbons (Fsp3) is 0.429. The molecule has 0 bridgehead atoms. The highest BCUT2D eigenvalue weighted by molar-refractivity contribution is 5.94. The monoisotopic (exact) mass is 245 g/mol. The molecule has 3 rings (SSSR count). The van der Waals surface area contributed by atoms with Crippen LogP contribution in [0.25, 0.3) is 0 Å². The second-order valence-electron chi connectivity index (χ2n) is 5.10. The molecular formula is C14H15NO3. The Kier molecular flexibility index (Phi) is 2.58. The lowest BCUT2D eigenvalue weighted by molar-refractivity contribution is -0.147. The molecule has 4 nitrogen and oxygen atoms in total. The van der Waals surface area contributed by atoms with E-state index in [4.69, 9.17) is 4.74 Å². The molecular weight excluding hydrogens is 230 g/mol. The van der Waals surface area contributed by atoms with Crippen LogP contribution in [0.5, 0.6) is 0 Å². The van der Waals surface area contributed by atoms with Gasteiger partial charge in [-0.3, -0.25) is 4.79 Å². The fourth-order valence-electron chi connectivity index (χ4n) is 2.40. The van der Waals surface area contributed by atoms with Crippen molar-refractivity contribution in [2.24, 2.45) is 5.41 Å². The van der Waals surface area contributed by atoms with Gasteiger partial charge in [0.15, 0.2) is 0 Å². The Bertz CT molecular complexity index is 479. The van der Waals surface area contributed by atoms with Crippen LogP contribution < -0.4 is 5.32 Å². The van der Waals surface area contributed by atoms with E-state index >= 15 is 0 Å². The van der Waals surface area contributed by atoms with Crippen molar-refractivity contribution in [3.8, 4) is 0 Å². The van der Waals surface area contributed by atoms with Gasteiger partial charge in [0.2, 0.25) is 5.91 Å². The lowest BCUT2D eigenvalue weighted by atomic mass is 10.0. The highest BCUT2D eigenvalue weighted by atomic mass is 16.5. The topological polar surface area (TPSA) is 55.4 Å². The van der Waals surface area contributed by atoms with E-state index in [-0.39, 0.29) is 23.9 Å². The Hall–Kier alpha value is -1.84. The maximum absolute atomic E-state index is 11.8. The normalized spacial score (nSPS) is 23.8. The Balaban J connectivity index is 1.55. The molecule has 1 aliphatic heterocycles. The molecule has 1 aromatic carbocycles. The first-order valence-electron chi connectivity index (χ1n) is 6.21. The predicted octanol–water partition coefficient (Wildman–Crippen LogP) is 1.40. The summed E-state index contributed by atoms with van der Waals surface area (Å²) in [5.41, 5.74) is 0.715. The SMILES string of the molecule is O=C(OCc1ccccc1)[C@@H]1CC2(CC2)C(=O)N1. The highest BCUT2D eigenvalue weighted by Crippen LogP contribution is 2.52. The average molecular weight is 245 g/mol. The number of carbonyl (C=O) groups is 2. The van der Waals surface area contributed by atoms with Gasteiger partial charge in [-0.25, -0.2) is 4.79 Å². The summed E-state index contributed by atoms with van der Waals surface area (Å²) in [6.45, 7) is 0.263. The molecule has 0 radical (unpaired) electrons. The van der Waals surface area contributed by atoms with Gasteiger partial charge in [-0.15, -0.1) is 0 Å². The van der Waals surface area contributed by atoms with E-state index in [0.717, 1.165) is 18.4 Å². The number of carbonyl (C=O) groups excluding carboxylic acids is 2. The van der Waals surface area contributed by atoms with Crippen molar-refractivity contribution in [3.63, 3.8) is 0 Å². The zero-order chi connectivity index (χ0) is 12.6. The van der Waals surface area contributed by atoms with Crippen molar-refractivity contribution < 1.29 is 14.3 Å². The summed E-state index contributed by atoms with van der Waals surface area (Å²) < 4.78 is 5.23. The number of nitrogens with one attached hydrogen (secondary N) is 1. The van der Waals surface area contributed by atoms with Crippen LogP contribution in [-0.2, 0) is 20.9 Å². The second kappa shape index (κ2) is 4.12. The van der Waals surface area contributed by atoms with E-state index in [0.29, 0.717) is 6.42 Å². The molecule has 0 unspecified atom stereocenters. The molecule has 1 atom stereocenters. The van der Waals surface area contributed by atoms with Crippen LogP contribution in [0, 0.1) is 5.41 Å². The van der Waals surface area contributed by atoms with Gasteiger partial charge in [-0.05, 0) is 24.8 Å². The average Bonchev–Trinajstić information content (AvgIpc) is 3.09. The quantitative estimate of drug-likeness (QED) is 0.819. The minimum absolute atomic E-state index is 0.0177. The molecule has 18 heavy (non-hydrogen) atoms. The Labute approximate surface area is 105 Å². The molecule has 1 spiro atoms. The summed E-state index contributed by atoms with van der Waals surface area (Å²) in [6.07, 6.45) is 2.40. The molecule has 1 amide bonds. The molecule has 1 saturated carbocycles. The number of ether oxygens (including phenoxy) is 1. The summed E-state index contributed by atoms with van der Waals surface area (Å²) in [6, 6.07) is 9.08. The summed E-state index contributed by atoms with van der Waals surface area (Å²) in [5, 5.41) is 2.73. The van der Waals surface area contributed by atoms with Crippen LogP contribution in [0.3, 0.4) is 0 Å². The van der Waals surface area contributed by atoms with Crippen molar-refractivity contribution in [1.82, 2.24) is 5.32 Å². The fourth-order valence-corrected chi connectivity index (χ4v) is 2.40. The number of rotatable bonds is 3. The molecule has 1 heterocycles. The van der Waals surface area contributed by atoms with E-state index in [2.05, 4.69) is 5.32 Å². The first-order valence-corrected chi connectivity index (χ1v) is 6.21. The number of hydrogen-bond donors (Lipinski definition) is 1. The lowest BCUT2D eigenvalue weighted by Crippen LogP contribution is -2.34. The van der Waals surface area contributed by atoms with Crippen molar-refractivity contribution in [1.29, 1.82) is 0 Å². The van der Waals surface area contributed by atoms with Crippen LogP contribution in [0.15, 0.2) is 30.3 Å². The lowest BCUT2D eigenvalue weighted by Gasteiger charge is -2.10. The minimum Gasteiger partial charge on any atom is -0.459 e. The number of esters is 1. The molecule has 2 aliphatic rings. The van der Waals surface area contributed by atoms with Gasteiger partial charge in [0.1, 0.15) is 12.6 Å². The molecule has 0 aromatic heterocycles. The zero-order valence-electron chi connectivity index (χ0n) is 10.0. The molecule has 2 fully saturated rings. The Morgan fingerprint density at radius 2 is 2.06 bits per heavy atom. The van der Waals surface area contributed by atoms with Gasteiger partial charge in [0, 0.05) is 0 Å². The van der Waals surface area contributed by atoms with E-state index in [1.54, 1.807) is 0 Å². The van der Waals surface area contributed by atoms with Crippen molar-refractivity contribution in [2.75, 3.05) is 0 Å². The number of benzene rings is 1. The predicted molar refractivity (Wildman–Crippen MR) is 64.5 cm³/mol. The second-order valence-corrected chi connectivity index (χ2v) is 5.10. The largest absolute Gasteiger partial charge is 0.459 e. The van der Waals surface area contributed by atoms with E-state index in [1.807, 2.05) is 30.3 Å². The maximum atomic E-state index is 11.8. The van der Waals surface area contributed by atoms with Crippen molar-refractivity contribution in [2.45, 2.75) is 31.9 Å². The number of amides is 1. The summed E-state index contributed by atoms with van der Waals surface area (Å²) in [4.78, 5) is 23.5. The molecule has 1 saturated heterocycles. The van der Waals surface area contributed by atoms with Gasteiger partial charge in [-0.2, -0.15) is 0 Å². The summed E-state index contributed by atoms with van der Waals surface area (Å²) >= 11 is 0. The third-order valence-corrected chi connectivity index (χ3v) is 3.74. The molecule has 4 heteroatoms. The molecule has 1 aliphatic carbocycles. The van der Waals surface area contributed by atoms with Crippen LogP contribution in [0.4, 0.5) is 0 Å². The van der Waals surface area contributed by atoms with E-state index < -0.39 is 6.04 Å². The van der Waals surface area contributed by atoms with Gasteiger partial charge < -0.3 is 10.1 Å². The van der Waals surface area contributed by atoms with E-state index in [1.165, 1.54) is 0 Å². The highest BCUT2D eigenvalue weighted by Gasteiger charge is 2.57. The van der Waals surface area contributed by atoms with Gasteiger partial charge in [-0.1, -0.05) is 30.3 Å². The molecule has 94 valence electrons. The first kappa shape index (κ1) is 11.3. The van der Waals surface area contributed by atoms with Crippen LogP contribution in [0.1, 0.15) is 24.8 Å². The Morgan fingerprint density at radius 1 is 1.33 bits per heavy atom. The van der Waals surface area contributed by atoms with Crippen molar-refractivity contribution >= 4 is 11.9 Å². The maximum Gasteiger partial charge on any atom is 0.329 e. The zero-order valence-corrected chi connectivity index (χ0v) is 10.0. The molecule has 1 aromatic rings. The van der Waals surface area contributed by atoms with Gasteiger partial charge in [0.25, 0.3) is 0 Å². The minimum atomic E-state index is -0.455. The molecule has 1 N–H and O–H groups in total. The third-order valence-electron chi connectivity index (χ3n) is 3.74. The summed E-state index contributed by atoms with van der Waals surface area (Å²) in [5.74, 6) is -0.305. The first-order chi connectivity index (χ1) is 8.70. The standard InChI is InChI=1S/C14H15NO3/c16-12(18-9-10-4-2-1-3-5-10)11-8-14(6-7-14)13(17)15-11/h1-5,11H,6-9H2,(H,15,17)/t11-/m0/s1. The smallest absolute Gasteiger partial charge is 0.329 e. The third kappa shape index (κ3) is 1.98. The van der Waals surface area contributed by atoms with E-state index in [9.17, 15) is 9.59 Å². The van der Waals surface area contributed by atoms with Crippen LogP contribution in [-0.4, -0.2) is 17.9 Å². The van der Waals surface area contributed by atoms with Gasteiger partial charge in [0.05, 0.1) is 5.41 Å². The van der Waals surface area contributed by atoms with Gasteiger partial charge >= 0.3 is 5.97 Å². The number of hydrogen-bond acceptors (Lipinski definition) is 3. The van der Waals surface area contributed by atoms with Crippen LogP contribution >= 0.6 is 0 Å². The van der Waals surface area contributed by atoms with Crippen molar-refractivity contribution in [3.05, 3.63) is 35.9 Å². The Morgan fingerprint density at radius 3 is 2.67 bits per heavy atom. The summed E-state index contributed by atoms with van der Waals surface area (Å²) in [7, 11) is 0. The van der Waals surface area contributed by atoms with Crippen LogP contribution in [0.2, 0.25) is 0 Å².